The van der Waals surface area contributed by atoms with Crippen LogP contribution in [-0.4, -0.2) is 33.8 Å². The molecule has 1 aromatic heterocycles. The highest BCUT2D eigenvalue weighted by atomic mass is 79.9. The fraction of sp³-hybridized carbons (Fsp3) is 0.176. The van der Waals surface area contributed by atoms with E-state index in [-0.39, 0.29) is 23.0 Å². The van der Waals surface area contributed by atoms with Gasteiger partial charge in [-0.1, -0.05) is 0 Å². The second kappa shape index (κ2) is 6.75. The van der Waals surface area contributed by atoms with E-state index in [1.807, 2.05) is 0 Å². The molecule has 0 bridgehead atoms. The maximum absolute atomic E-state index is 12.7. The molecule has 0 saturated heterocycles. The predicted molar refractivity (Wildman–Crippen MR) is 101 cm³/mol. The maximum Gasteiger partial charge on any atom is 0.283 e. The summed E-state index contributed by atoms with van der Waals surface area (Å²) < 4.78 is 5.55. The molecule has 1 aliphatic heterocycles. The smallest absolute Gasteiger partial charge is 0.283 e. The first-order chi connectivity index (χ1) is 12.3. The van der Waals surface area contributed by atoms with Gasteiger partial charge in [-0.2, -0.15) is 10.1 Å². The third kappa shape index (κ3) is 3.25. The number of phenols is 1. The minimum Gasteiger partial charge on any atom is -0.503 e. The van der Waals surface area contributed by atoms with Gasteiger partial charge in [-0.15, -0.1) is 0 Å². The molecule has 1 aromatic carbocycles. The van der Waals surface area contributed by atoms with Crippen molar-refractivity contribution in [3.63, 3.8) is 0 Å². The van der Waals surface area contributed by atoms with Gasteiger partial charge in [0, 0.05) is 11.8 Å². The number of benzene rings is 1. The molecule has 0 saturated carbocycles. The molecule has 0 radical (unpaired) electrons. The molecule has 2 N–H and O–H groups in total. The lowest BCUT2D eigenvalue weighted by atomic mass is 10.1. The van der Waals surface area contributed by atoms with Gasteiger partial charge >= 0.3 is 0 Å². The standard InChI is InChI=1S/C17H15BrN4O4/c1-8-4-14(23)20-17(19-8)22-16(25)11(9(2)21-22)5-10-6-12(18)15(24)13(7-10)26-3/h4-7,24H,1-3H3,(H,19,20,23)/b11-5+. The van der Waals surface area contributed by atoms with E-state index < -0.39 is 5.91 Å². The normalized spacial score (nSPS) is 15.5. The number of carbonyl (C=O) groups excluding carboxylic acids is 1. The van der Waals surface area contributed by atoms with Gasteiger partial charge in [0.1, 0.15) is 0 Å². The second-order valence-corrected chi connectivity index (χ2v) is 6.48. The van der Waals surface area contributed by atoms with E-state index in [0.717, 1.165) is 5.01 Å². The number of nitrogens with zero attached hydrogens (tertiary/aromatic N) is 3. The Morgan fingerprint density at radius 1 is 1.27 bits per heavy atom. The van der Waals surface area contributed by atoms with Crippen LogP contribution in [0.4, 0.5) is 5.95 Å². The molecule has 134 valence electrons. The highest BCUT2D eigenvalue weighted by Gasteiger charge is 2.30. The quantitative estimate of drug-likeness (QED) is 0.743. The van der Waals surface area contributed by atoms with Gasteiger partial charge in [-0.05, 0) is 53.5 Å². The molecule has 8 nitrogen and oxygen atoms in total. The molecule has 2 aromatic rings. The van der Waals surface area contributed by atoms with Crippen molar-refractivity contribution in [2.24, 2.45) is 5.10 Å². The maximum atomic E-state index is 12.7. The number of H-pyrrole nitrogens is 1. The van der Waals surface area contributed by atoms with Crippen molar-refractivity contribution in [3.05, 3.63) is 49.9 Å². The first kappa shape index (κ1) is 17.9. The number of aromatic amines is 1. The number of phenolic OH excluding ortho intramolecular Hbond substituents is 1. The second-order valence-electron chi connectivity index (χ2n) is 5.62. The Kier molecular flexibility index (Phi) is 4.64. The van der Waals surface area contributed by atoms with Gasteiger partial charge in [0.25, 0.3) is 11.5 Å². The molecule has 0 unspecified atom stereocenters. The van der Waals surface area contributed by atoms with Crippen LogP contribution in [0.1, 0.15) is 18.2 Å². The number of aryl methyl sites for hydroxylation is 1. The number of amides is 1. The summed E-state index contributed by atoms with van der Waals surface area (Å²) in [6.07, 6.45) is 1.63. The zero-order valence-corrected chi connectivity index (χ0v) is 15.8. The molecule has 1 aliphatic rings. The SMILES string of the molecule is COc1cc(/C=C2/C(=O)N(c3nc(C)cc(=O)[nH]3)N=C2C)cc(Br)c1O. The van der Waals surface area contributed by atoms with Crippen LogP contribution in [0.3, 0.4) is 0 Å². The average Bonchev–Trinajstić information content (AvgIpc) is 2.85. The van der Waals surface area contributed by atoms with E-state index in [9.17, 15) is 14.7 Å². The number of hydrogen-bond donors (Lipinski definition) is 2. The third-order valence-corrected chi connectivity index (χ3v) is 4.31. The highest BCUT2D eigenvalue weighted by molar-refractivity contribution is 9.10. The monoisotopic (exact) mass is 418 g/mol. The Balaban J connectivity index is 2.02. The highest BCUT2D eigenvalue weighted by Crippen LogP contribution is 2.36. The first-order valence-electron chi connectivity index (χ1n) is 7.56. The van der Waals surface area contributed by atoms with Gasteiger partial charge in [-0.25, -0.2) is 4.98 Å². The third-order valence-electron chi connectivity index (χ3n) is 3.70. The number of nitrogens with one attached hydrogen (secondary N) is 1. The summed E-state index contributed by atoms with van der Waals surface area (Å²) >= 11 is 3.25. The van der Waals surface area contributed by atoms with Crippen molar-refractivity contribution in [2.75, 3.05) is 12.1 Å². The van der Waals surface area contributed by atoms with Crippen molar-refractivity contribution in [3.8, 4) is 11.5 Å². The summed E-state index contributed by atoms with van der Waals surface area (Å²) in [7, 11) is 1.44. The van der Waals surface area contributed by atoms with Gasteiger partial charge in [0.15, 0.2) is 11.5 Å². The number of hydrazone groups is 1. The van der Waals surface area contributed by atoms with Crippen LogP contribution >= 0.6 is 15.9 Å². The van der Waals surface area contributed by atoms with E-state index in [1.165, 1.54) is 13.2 Å². The molecule has 2 heterocycles. The predicted octanol–water partition coefficient (Wildman–Crippen LogP) is 2.36. The van der Waals surface area contributed by atoms with E-state index in [0.29, 0.717) is 27.0 Å². The van der Waals surface area contributed by atoms with Gasteiger partial charge in [-0.3, -0.25) is 14.6 Å². The van der Waals surface area contributed by atoms with Crippen LogP contribution in [0.2, 0.25) is 0 Å². The number of aromatic nitrogens is 2. The summed E-state index contributed by atoms with van der Waals surface area (Å²) in [5.41, 5.74) is 1.57. The number of methoxy groups -OCH3 is 1. The Labute approximate surface area is 157 Å². The van der Waals surface area contributed by atoms with Crippen LogP contribution < -0.4 is 15.3 Å². The van der Waals surface area contributed by atoms with Crippen molar-refractivity contribution < 1.29 is 14.6 Å². The fourth-order valence-electron chi connectivity index (χ4n) is 2.49. The molecule has 0 fully saturated rings. The number of carbonyl (C=O) groups is 1. The molecule has 9 heteroatoms. The Morgan fingerprint density at radius 3 is 2.65 bits per heavy atom. The van der Waals surface area contributed by atoms with Gasteiger partial charge in [0.2, 0.25) is 5.95 Å². The summed E-state index contributed by atoms with van der Waals surface area (Å²) in [6.45, 7) is 3.34. The molecular weight excluding hydrogens is 404 g/mol. The summed E-state index contributed by atoms with van der Waals surface area (Å²) in [6, 6.07) is 4.58. The number of hydrogen-bond acceptors (Lipinski definition) is 6. The largest absolute Gasteiger partial charge is 0.503 e. The van der Waals surface area contributed by atoms with Crippen LogP contribution in [0, 0.1) is 6.92 Å². The molecule has 3 rings (SSSR count). The number of rotatable bonds is 3. The van der Waals surface area contributed by atoms with Crippen molar-refractivity contribution in [2.45, 2.75) is 13.8 Å². The van der Waals surface area contributed by atoms with E-state index in [1.54, 1.807) is 32.1 Å². The Hall–Kier alpha value is -2.94. The number of anilines is 1. The lowest BCUT2D eigenvalue weighted by molar-refractivity contribution is -0.114. The average molecular weight is 419 g/mol. The molecule has 26 heavy (non-hydrogen) atoms. The fourth-order valence-corrected chi connectivity index (χ4v) is 2.95. The number of aromatic hydroxyl groups is 1. The zero-order valence-electron chi connectivity index (χ0n) is 14.2. The van der Waals surface area contributed by atoms with Crippen molar-refractivity contribution in [1.29, 1.82) is 0 Å². The molecular formula is C17H15BrN4O4. The number of ether oxygens (including phenoxy) is 1. The van der Waals surface area contributed by atoms with Crippen molar-refractivity contribution in [1.82, 2.24) is 9.97 Å². The Morgan fingerprint density at radius 2 is 2.00 bits per heavy atom. The lowest BCUT2D eigenvalue weighted by Crippen LogP contribution is -2.26. The molecule has 0 aliphatic carbocycles. The first-order valence-corrected chi connectivity index (χ1v) is 8.35. The minimum absolute atomic E-state index is 0.0269. The lowest BCUT2D eigenvalue weighted by Gasteiger charge is -2.10. The van der Waals surface area contributed by atoms with Gasteiger partial charge < -0.3 is 9.84 Å². The molecule has 0 atom stereocenters. The van der Waals surface area contributed by atoms with Crippen LogP contribution in [0.5, 0.6) is 11.5 Å². The summed E-state index contributed by atoms with van der Waals surface area (Å²) in [5, 5.41) is 15.1. The molecule has 1 amide bonds. The Bertz CT molecular complexity index is 1030. The zero-order chi connectivity index (χ0) is 19.0. The van der Waals surface area contributed by atoms with E-state index >= 15 is 0 Å². The van der Waals surface area contributed by atoms with Crippen LogP contribution in [-0.2, 0) is 4.79 Å². The summed E-state index contributed by atoms with van der Waals surface area (Å²) in [5.74, 6) is -0.111. The van der Waals surface area contributed by atoms with Crippen LogP contribution in [0.15, 0.2) is 38.1 Å². The summed E-state index contributed by atoms with van der Waals surface area (Å²) in [4.78, 5) is 31.0. The van der Waals surface area contributed by atoms with E-state index in [2.05, 4.69) is 31.0 Å². The number of halogens is 1. The topological polar surface area (TPSA) is 108 Å². The van der Waals surface area contributed by atoms with Crippen molar-refractivity contribution >= 4 is 39.6 Å². The minimum atomic E-state index is -0.417. The molecule has 0 spiro atoms. The van der Waals surface area contributed by atoms with Crippen LogP contribution in [0.25, 0.3) is 6.08 Å². The van der Waals surface area contributed by atoms with Gasteiger partial charge in [0.05, 0.1) is 22.9 Å². The van der Waals surface area contributed by atoms with E-state index in [4.69, 9.17) is 4.74 Å².